The Labute approximate surface area is 166 Å². The van der Waals surface area contributed by atoms with Crippen molar-refractivity contribution in [3.05, 3.63) is 53.1 Å². The van der Waals surface area contributed by atoms with Gasteiger partial charge in [-0.25, -0.2) is 8.42 Å². The molecular formula is C21H25N3O3S. The van der Waals surface area contributed by atoms with Crippen LogP contribution in [0.25, 0.3) is 0 Å². The summed E-state index contributed by atoms with van der Waals surface area (Å²) in [4.78, 5) is 14.1. The largest absolute Gasteiger partial charge is 0.368 e. The molecule has 2 aromatic carbocycles. The zero-order valence-corrected chi connectivity index (χ0v) is 17.1. The summed E-state index contributed by atoms with van der Waals surface area (Å²) in [6.45, 7) is 6.50. The van der Waals surface area contributed by atoms with Gasteiger partial charge in [-0.05, 0) is 48.2 Å². The number of nitrogens with zero attached hydrogens (tertiary/aromatic N) is 2. The molecule has 0 saturated carbocycles. The maximum atomic E-state index is 13.1. The van der Waals surface area contributed by atoms with E-state index in [1.165, 1.54) is 16.8 Å². The number of piperazine rings is 1. The highest BCUT2D eigenvalue weighted by atomic mass is 32.2. The van der Waals surface area contributed by atoms with Gasteiger partial charge >= 0.3 is 0 Å². The molecule has 0 unspecified atom stereocenters. The van der Waals surface area contributed by atoms with Crippen molar-refractivity contribution in [2.75, 3.05) is 36.4 Å². The quantitative estimate of drug-likeness (QED) is 0.858. The van der Waals surface area contributed by atoms with E-state index in [9.17, 15) is 13.2 Å². The number of hydrogen-bond donors (Lipinski definition) is 1. The number of carbonyl (C=O) groups excluding carboxylic acids is 1. The number of para-hydroxylation sites is 1. The van der Waals surface area contributed by atoms with E-state index in [2.05, 4.69) is 42.3 Å². The van der Waals surface area contributed by atoms with E-state index in [1.54, 1.807) is 22.5 Å². The number of hydrogen-bond acceptors (Lipinski definition) is 4. The van der Waals surface area contributed by atoms with Crippen LogP contribution in [0, 0.1) is 6.92 Å². The number of nitrogens with one attached hydrogen (secondary N) is 1. The average molecular weight is 400 g/mol. The second-order valence-corrected chi connectivity index (χ2v) is 9.31. The standard InChI is InChI=1S/C21H25N3O3S/c1-3-16-6-4-5-15(2)21(16)23-9-11-24(12-10-23)28(26,27)18-7-8-19-17(13-18)14-20(25)22-19/h4-8,13H,3,9-12,14H2,1-2H3,(H,22,25). The fraction of sp³-hybridized carbons (Fsp3) is 0.381. The first-order valence-electron chi connectivity index (χ1n) is 9.66. The molecule has 0 spiro atoms. The lowest BCUT2D eigenvalue weighted by Crippen LogP contribution is -2.49. The Bertz CT molecular complexity index is 1030. The van der Waals surface area contributed by atoms with Crippen LogP contribution in [0.15, 0.2) is 41.3 Å². The predicted octanol–water partition coefficient (Wildman–Crippen LogP) is 2.56. The lowest BCUT2D eigenvalue weighted by Gasteiger charge is -2.37. The van der Waals surface area contributed by atoms with Crippen LogP contribution in [0.4, 0.5) is 11.4 Å². The maximum Gasteiger partial charge on any atom is 0.243 e. The van der Waals surface area contributed by atoms with Gasteiger partial charge < -0.3 is 10.2 Å². The van der Waals surface area contributed by atoms with Gasteiger partial charge in [0.15, 0.2) is 0 Å². The molecular weight excluding hydrogens is 374 g/mol. The van der Waals surface area contributed by atoms with Gasteiger partial charge in [0.25, 0.3) is 0 Å². The van der Waals surface area contributed by atoms with Crippen LogP contribution in [-0.2, 0) is 27.7 Å². The van der Waals surface area contributed by atoms with E-state index in [0.29, 0.717) is 31.9 Å². The normalized spacial score (nSPS) is 17.5. The van der Waals surface area contributed by atoms with E-state index in [1.807, 2.05) is 0 Å². The maximum absolute atomic E-state index is 13.1. The van der Waals surface area contributed by atoms with Gasteiger partial charge in [-0.1, -0.05) is 25.1 Å². The summed E-state index contributed by atoms with van der Waals surface area (Å²) in [5.74, 6) is -0.0943. The van der Waals surface area contributed by atoms with Crippen LogP contribution >= 0.6 is 0 Å². The third-order valence-corrected chi connectivity index (χ3v) is 7.49. The van der Waals surface area contributed by atoms with Gasteiger partial charge in [0.05, 0.1) is 11.3 Å². The van der Waals surface area contributed by atoms with Crippen LogP contribution in [0.1, 0.15) is 23.6 Å². The molecule has 0 bridgehead atoms. The number of rotatable bonds is 4. The molecule has 7 heteroatoms. The summed E-state index contributed by atoms with van der Waals surface area (Å²) in [6, 6.07) is 11.2. The molecule has 4 rings (SSSR count). The van der Waals surface area contributed by atoms with Crippen molar-refractivity contribution in [1.29, 1.82) is 0 Å². The van der Waals surface area contributed by atoms with E-state index in [0.717, 1.165) is 12.0 Å². The lowest BCUT2D eigenvalue weighted by atomic mass is 10.0. The number of anilines is 2. The van der Waals surface area contributed by atoms with Gasteiger partial charge in [-0.3, -0.25) is 4.79 Å². The molecule has 6 nitrogen and oxygen atoms in total. The highest BCUT2D eigenvalue weighted by molar-refractivity contribution is 7.89. The first kappa shape index (κ1) is 19.0. The molecule has 28 heavy (non-hydrogen) atoms. The summed E-state index contributed by atoms with van der Waals surface area (Å²) in [5.41, 5.74) is 5.22. The Morgan fingerprint density at radius 1 is 1.07 bits per heavy atom. The molecule has 1 saturated heterocycles. The monoisotopic (exact) mass is 399 g/mol. The zero-order valence-electron chi connectivity index (χ0n) is 16.2. The predicted molar refractivity (Wildman–Crippen MR) is 110 cm³/mol. The summed E-state index contributed by atoms with van der Waals surface area (Å²) in [5, 5.41) is 2.74. The molecule has 1 N–H and O–H groups in total. The van der Waals surface area contributed by atoms with Crippen LogP contribution in [0.5, 0.6) is 0 Å². The van der Waals surface area contributed by atoms with Crippen molar-refractivity contribution >= 4 is 27.3 Å². The fourth-order valence-electron chi connectivity index (χ4n) is 4.12. The Kier molecular flexibility index (Phi) is 4.89. The van der Waals surface area contributed by atoms with Gasteiger partial charge in [0.2, 0.25) is 15.9 Å². The molecule has 0 atom stereocenters. The number of benzene rings is 2. The SMILES string of the molecule is CCc1cccc(C)c1N1CCN(S(=O)(=O)c2ccc3c(c2)CC(=O)N3)CC1. The van der Waals surface area contributed by atoms with Gasteiger partial charge in [-0.15, -0.1) is 0 Å². The third kappa shape index (κ3) is 3.29. The number of sulfonamides is 1. The lowest BCUT2D eigenvalue weighted by molar-refractivity contribution is -0.115. The van der Waals surface area contributed by atoms with Crippen molar-refractivity contribution in [3.63, 3.8) is 0 Å². The van der Waals surface area contributed by atoms with E-state index in [4.69, 9.17) is 0 Å². The minimum Gasteiger partial charge on any atom is -0.368 e. The summed E-state index contributed by atoms with van der Waals surface area (Å²) < 4.78 is 27.8. The van der Waals surface area contributed by atoms with Crippen LogP contribution in [0.2, 0.25) is 0 Å². The molecule has 2 heterocycles. The van der Waals surface area contributed by atoms with Gasteiger partial charge in [0.1, 0.15) is 0 Å². The topological polar surface area (TPSA) is 69.7 Å². The summed E-state index contributed by atoms with van der Waals surface area (Å²) in [6.07, 6.45) is 1.19. The Hall–Kier alpha value is -2.38. The molecule has 0 aromatic heterocycles. The van der Waals surface area contributed by atoms with E-state index < -0.39 is 10.0 Å². The van der Waals surface area contributed by atoms with Crippen molar-refractivity contribution in [3.8, 4) is 0 Å². The fourth-order valence-corrected chi connectivity index (χ4v) is 5.60. The molecule has 1 amide bonds. The average Bonchev–Trinajstić information content (AvgIpc) is 3.07. The smallest absolute Gasteiger partial charge is 0.243 e. The van der Waals surface area contributed by atoms with Crippen LogP contribution in [-0.4, -0.2) is 44.8 Å². The van der Waals surface area contributed by atoms with Gasteiger partial charge in [-0.2, -0.15) is 4.31 Å². The molecule has 2 aliphatic heterocycles. The van der Waals surface area contributed by atoms with Crippen molar-refractivity contribution in [2.45, 2.75) is 31.6 Å². The Balaban J connectivity index is 1.53. The zero-order chi connectivity index (χ0) is 19.9. The molecule has 2 aromatic rings. The molecule has 2 aliphatic rings. The highest BCUT2D eigenvalue weighted by Crippen LogP contribution is 2.30. The summed E-state index contributed by atoms with van der Waals surface area (Å²) in [7, 11) is -3.56. The Morgan fingerprint density at radius 3 is 2.54 bits per heavy atom. The molecule has 0 radical (unpaired) electrons. The number of amides is 1. The Morgan fingerprint density at radius 2 is 1.82 bits per heavy atom. The van der Waals surface area contributed by atoms with Crippen molar-refractivity contribution < 1.29 is 13.2 Å². The first-order chi connectivity index (χ1) is 13.4. The van der Waals surface area contributed by atoms with E-state index >= 15 is 0 Å². The number of fused-ring (bicyclic) bond motifs is 1. The molecule has 1 fully saturated rings. The third-order valence-electron chi connectivity index (χ3n) is 5.60. The van der Waals surface area contributed by atoms with Crippen molar-refractivity contribution in [1.82, 2.24) is 4.31 Å². The van der Waals surface area contributed by atoms with E-state index in [-0.39, 0.29) is 17.2 Å². The number of aryl methyl sites for hydroxylation is 2. The minimum absolute atomic E-state index is 0.0943. The minimum atomic E-state index is -3.56. The first-order valence-corrected chi connectivity index (χ1v) is 11.1. The highest BCUT2D eigenvalue weighted by Gasteiger charge is 2.30. The summed E-state index contributed by atoms with van der Waals surface area (Å²) >= 11 is 0. The molecule has 0 aliphatic carbocycles. The van der Waals surface area contributed by atoms with Crippen molar-refractivity contribution in [2.24, 2.45) is 0 Å². The second-order valence-electron chi connectivity index (χ2n) is 7.37. The van der Waals surface area contributed by atoms with Crippen LogP contribution < -0.4 is 10.2 Å². The second kappa shape index (κ2) is 7.22. The molecule has 148 valence electrons. The van der Waals surface area contributed by atoms with Gasteiger partial charge in [0, 0.05) is 37.6 Å². The van der Waals surface area contributed by atoms with Crippen LogP contribution in [0.3, 0.4) is 0 Å². The number of carbonyl (C=O) groups is 1.